The maximum atomic E-state index is 12.3. The highest BCUT2D eigenvalue weighted by molar-refractivity contribution is 5.87. The van der Waals surface area contributed by atoms with Crippen LogP contribution in [0.4, 0.5) is 13.2 Å². The Morgan fingerprint density at radius 3 is 2.79 bits per heavy atom. The van der Waals surface area contributed by atoms with Gasteiger partial charge in [0.15, 0.2) is 0 Å². The van der Waals surface area contributed by atoms with Crippen molar-refractivity contribution in [1.29, 1.82) is 0 Å². The summed E-state index contributed by atoms with van der Waals surface area (Å²) in [7, 11) is 0. The van der Waals surface area contributed by atoms with E-state index in [4.69, 9.17) is 4.74 Å². The van der Waals surface area contributed by atoms with Crippen molar-refractivity contribution in [1.82, 2.24) is 9.55 Å². The highest BCUT2D eigenvalue weighted by atomic mass is 19.4. The first kappa shape index (κ1) is 17.8. The van der Waals surface area contributed by atoms with E-state index in [-0.39, 0.29) is 18.1 Å². The molecule has 0 aliphatic heterocycles. The third kappa shape index (κ3) is 4.50. The van der Waals surface area contributed by atoms with Gasteiger partial charge in [-0.2, -0.15) is 0 Å². The molecular formula is C16H17F3N2O3. The number of halogens is 3. The van der Waals surface area contributed by atoms with Crippen molar-refractivity contribution in [2.75, 3.05) is 6.61 Å². The highest BCUT2D eigenvalue weighted by Crippen LogP contribution is 2.27. The lowest BCUT2D eigenvalue weighted by Crippen LogP contribution is -2.18. The molecule has 1 unspecified atom stereocenters. The van der Waals surface area contributed by atoms with E-state index < -0.39 is 18.4 Å². The molecule has 0 bridgehead atoms. The van der Waals surface area contributed by atoms with Gasteiger partial charge in [0.05, 0.1) is 25.2 Å². The number of rotatable bonds is 6. The van der Waals surface area contributed by atoms with Crippen LogP contribution < -0.4 is 4.74 Å². The number of ether oxygens (including phenoxy) is 2. The Morgan fingerprint density at radius 1 is 1.38 bits per heavy atom. The van der Waals surface area contributed by atoms with Gasteiger partial charge in [-0.05, 0) is 31.0 Å². The third-order valence-corrected chi connectivity index (χ3v) is 3.30. The summed E-state index contributed by atoms with van der Waals surface area (Å²) < 4.78 is 47.6. The molecule has 0 amide bonds. The second-order valence-corrected chi connectivity index (χ2v) is 5.12. The summed E-state index contributed by atoms with van der Waals surface area (Å²) in [5.41, 5.74) is 0.775. The Morgan fingerprint density at radius 2 is 2.12 bits per heavy atom. The van der Waals surface area contributed by atoms with E-state index in [1.807, 2.05) is 6.92 Å². The van der Waals surface area contributed by atoms with E-state index in [0.717, 1.165) is 0 Å². The molecule has 0 N–H and O–H groups in total. The lowest BCUT2D eigenvalue weighted by molar-refractivity contribution is -0.274. The SMILES string of the molecule is CCCOC(=O)c1cncn1C(C)c1cccc(OC(F)(F)F)c1. The molecule has 1 heterocycles. The number of carbonyl (C=O) groups is 1. The Kier molecular flexibility index (Phi) is 5.48. The van der Waals surface area contributed by atoms with Crippen LogP contribution in [0.2, 0.25) is 0 Å². The zero-order valence-corrected chi connectivity index (χ0v) is 13.2. The molecule has 5 nitrogen and oxygen atoms in total. The van der Waals surface area contributed by atoms with Crippen LogP contribution >= 0.6 is 0 Å². The summed E-state index contributed by atoms with van der Waals surface area (Å²) in [6, 6.07) is 5.18. The van der Waals surface area contributed by atoms with Crippen LogP contribution in [-0.4, -0.2) is 28.5 Å². The lowest BCUT2D eigenvalue weighted by atomic mass is 10.1. The molecule has 0 radical (unpaired) electrons. The Balaban J connectivity index is 2.24. The summed E-state index contributed by atoms with van der Waals surface area (Å²) >= 11 is 0. The van der Waals surface area contributed by atoms with Gasteiger partial charge in [0.2, 0.25) is 0 Å². The summed E-state index contributed by atoms with van der Waals surface area (Å²) in [5.74, 6) is -0.842. The fourth-order valence-corrected chi connectivity index (χ4v) is 2.17. The van der Waals surface area contributed by atoms with E-state index in [0.29, 0.717) is 12.0 Å². The van der Waals surface area contributed by atoms with Crippen LogP contribution in [0.3, 0.4) is 0 Å². The average Bonchev–Trinajstić information content (AvgIpc) is 3.00. The van der Waals surface area contributed by atoms with Gasteiger partial charge in [0.25, 0.3) is 0 Å². The predicted molar refractivity (Wildman–Crippen MR) is 79.7 cm³/mol. The van der Waals surface area contributed by atoms with Gasteiger partial charge in [-0.3, -0.25) is 0 Å². The summed E-state index contributed by atoms with van der Waals surface area (Å²) in [4.78, 5) is 15.9. The van der Waals surface area contributed by atoms with Gasteiger partial charge >= 0.3 is 12.3 Å². The summed E-state index contributed by atoms with van der Waals surface area (Å²) in [6.07, 6.45) is -1.27. The molecule has 1 aromatic heterocycles. The van der Waals surface area contributed by atoms with Crippen LogP contribution in [0.25, 0.3) is 0 Å². The Hall–Kier alpha value is -2.51. The van der Waals surface area contributed by atoms with Gasteiger partial charge in [-0.25, -0.2) is 9.78 Å². The predicted octanol–water partition coefficient (Wildman–Crippen LogP) is 3.96. The van der Waals surface area contributed by atoms with Crippen LogP contribution in [0.15, 0.2) is 36.8 Å². The van der Waals surface area contributed by atoms with Crippen LogP contribution in [-0.2, 0) is 4.74 Å². The van der Waals surface area contributed by atoms with Crippen molar-refractivity contribution < 1.29 is 27.4 Å². The maximum Gasteiger partial charge on any atom is 0.573 e. The number of imidazole rings is 1. The molecule has 0 saturated carbocycles. The Bertz CT molecular complexity index is 698. The van der Waals surface area contributed by atoms with Crippen molar-refractivity contribution in [3.63, 3.8) is 0 Å². The second kappa shape index (κ2) is 7.37. The number of esters is 1. The number of benzene rings is 1. The molecule has 1 aromatic carbocycles. The molecule has 24 heavy (non-hydrogen) atoms. The molecule has 2 aromatic rings. The zero-order chi connectivity index (χ0) is 17.7. The van der Waals surface area contributed by atoms with Crippen molar-refractivity contribution in [3.8, 4) is 5.75 Å². The first-order valence-electron chi connectivity index (χ1n) is 7.36. The minimum atomic E-state index is -4.76. The molecule has 0 aliphatic rings. The summed E-state index contributed by atoms with van der Waals surface area (Å²) in [5, 5.41) is 0. The molecule has 0 saturated heterocycles. The van der Waals surface area contributed by atoms with Gasteiger partial charge in [0, 0.05) is 0 Å². The normalized spacial score (nSPS) is 12.7. The summed E-state index contributed by atoms with van der Waals surface area (Å²) in [6.45, 7) is 3.90. The maximum absolute atomic E-state index is 12.3. The van der Waals surface area contributed by atoms with Crippen molar-refractivity contribution in [2.45, 2.75) is 32.7 Å². The van der Waals surface area contributed by atoms with E-state index in [1.165, 1.54) is 30.7 Å². The molecular weight excluding hydrogens is 325 g/mol. The van der Waals surface area contributed by atoms with Gasteiger partial charge in [0.1, 0.15) is 11.4 Å². The lowest BCUT2D eigenvalue weighted by Gasteiger charge is -2.17. The standard InChI is InChI=1S/C16H17F3N2O3/c1-3-7-23-15(22)14-9-20-10-21(14)11(2)12-5-4-6-13(8-12)24-16(17,18)19/h4-6,8-11H,3,7H2,1-2H3. The van der Waals surface area contributed by atoms with Crippen LogP contribution in [0, 0.1) is 0 Å². The molecule has 2 rings (SSSR count). The number of aromatic nitrogens is 2. The largest absolute Gasteiger partial charge is 0.573 e. The van der Waals surface area contributed by atoms with Crippen LogP contribution in [0.1, 0.15) is 42.4 Å². The van der Waals surface area contributed by atoms with E-state index >= 15 is 0 Å². The van der Waals surface area contributed by atoms with Gasteiger partial charge < -0.3 is 14.0 Å². The van der Waals surface area contributed by atoms with E-state index in [9.17, 15) is 18.0 Å². The van der Waals surface area contributed by atoms with Crippen molar-refractivity contribution >= 4 is 5.97 Å². The minimum Gasteiger partial charge on any atom is -0.461 e. The first-order valence-corrected chi connectivity index (χ1v) is 7.36. The number of carbonyl (C=O) groups excluding carboxylic acids is 1. The molecule has 1 atom stereocenters. The number of hydrogen-bond acceptors (Lipinski definition) is 4. The molecule has 0 aliphatic carbocycles. The van der Waals surface area contributed by atoms with Crippen LogP contribution in [0.5, 0.6) is 5.75 Å². The fraction of sp³-hybridized carbons (Fsp3) is 0.375. The van der Waals surface area contributed by atoms with E-state index in [1.54, 1.807) is 17.6 Å². The number of alkyl halides is 3. The van der Waals surface area contributed by atoms with Crippen molar-refractivity contribution in [3.05, 3.63) is 48.0 Å². The molecule has 8 heteroatoms. The Labute approximate surface area is 137 Å². The topological polar surface area (TPSA) is 53.3 Å². The quantitative estimate of drug-likeness (QED) is 0.746. The average molecular weight is 342 g/mol. The third-order valence-electron chi connectivity index (χ3n) is 3.30. The highest BCUT2D eigenvalue weighted by Gasteiger charge is 2.31. The number of nitrogens with zero attached hydrogens (tertiary/aromatic N) is 2. The number of hydrogen-bond donors (Lipinski definition) is 0. The smallest absolute Gasteiger partial charge is 0.461 e. The van der Waals surface area contributed by atoms with Crippen molar-refractivity contribution in [2.24, 2.45) is 0 Å². The molecule has 0 fully saturated rings. The van der Waals surface area contributed by atoms with Gasteiger partial charge in [-0.15, -0.1) is 13.2 Å². The molecule has 130 valence electrons. The monoisotopic (exact) mass is 342 g/mol. The van der Waals surface area contributed by atoms with E-state index in [2.05, 4.69) is 9.72 Å². The minimum absolute atomic E-state index is 0.234. The zero-order valence-electron chi connectivity index (χ0n) is 13.2. The van der Waals surface area contributed by atoms with Gasteiger partial charge in [-0.1, -0.05) is 19.1 Å². The second-order valence-electron chi connectivity index (χ2n) is 5.12. The first-order chi connectivity index (χ1) is 11.3. The molecule has 0 spiro atoms. The fourth-order valence-electron chi connectivity index (χ4n) is 2.17.